The molecule has 0 spiro atoms. The maximum absolute atomic E-state index is 5.44. The van der Waals surface area contributed by atoms with Crippen LogP contribution in [0, 0.1) is 0 Å². The van der Waals surface area contributed by atoms with Gasteiger partial charge in [-0.1, -0.05) is 71.1 Å². The van der Waals surface area contributed by atoms with Crippen LogP contribution in [0.2, 0.25) is 0 Å². The molecule has 2 heteroatoms. The third kappa shape index (κ3) is 19.8. The van der Waals surface area contributed by atoms with Gasteiger partial charge in [0.2, 0.25) is 0 Å². The Bertz CT molecular complexity index is 84.7. The number of alkyl halides is 1. The molecule has 0 aromatic rings. The van der Waals surface area contributed by atoms with E-state index in [4.69, 9.17) is 5.73 Å². The summed E-state index contributed by atoms with van der Waals surface area (Å²) in [5.41, 5.74) is 5.44. The second-order valence-corrected chi connectivity index (χ2v) is 4.32. The second-order valence-electron chi connectivity index (χ2n) is 4.32. The van der Waals surface area contributed by atoms with E-state index in [0.717, 1.165) is 6.54 Å². The highest BCUT2D eigenvalue weighted by atomic mass is 35.5. The summed E-state index contributed by atoms with van der Waals surface area (Å²) in [5, 5.41) is 0. The van der Waals surface area contributed by atoms with Gasteiger partial charge in [0, 0.05) is 6.38 Å². The molecular formula is C14H32ClN. The Balaban J connectivity index is 0. The third-order valence-corrected chi connectivity index (χ3v) is 2.81. The molecule has 0 aliphatic heterocycles. The Morgan fingerprint density at radius 3 is 1.25 bits per heavy atom. The van der Waals surface area contributed by atoms with Crippen LogP contribution in [-0.2, 0) is 0 Å². The number of unbranched alkanes of at least 4 members (excludes halogenated alkanes) is 10. The van der Waals surface area contributed by atoms with E-state index in [0.29, 0.717) is 0 Å². The largest absolute Gasteiger partial charge is 0.330 e. The molecule has 1 nitrogen and oxygen atoms in total. The Labute approximate surface area is 108 Å². The van der Waals surface area contributed by atoms with Crippen LogP contribution in [0.1, 0.15) is 77.6 Å². The van der Waals surface area contributed by atoms with Gasteiger partial charge in [-0.2, -0.15) is 0 Å². The van der Waals surface area contributed by atoms with Crippen molar-refractivity contribution < 1.29 is 0 Å². The first-order valence-corrected chi connectivity index (χ1v) is 7.75. The third-order valence-electron chi connectivity index (χ3n) is 2.81. The monoisotopic (exact) mass is 249 g/mol. The summed E-state index contributed by atoms with van der Waals surface area (Å²) in [6.07, 6.45) is 16.9. The molecule has 0 aromatic carbocycles. The van der Waals surface area contributed by atoms with Crippen molar-refractivity contribution in [3.63, 3.8) is 0 Å². The fourth-order valence-corrected chi connectivity index (χ4v) is 1.81. The number of rotatable bonds is 11. The van der Waals surface area contributed by atoms with Crippen LogP contribution in [0.4, 0.5) is 0 Å². The maximum Gasteiger partial charge on any atom is 0.0108 e. The second kappa shape index (κ2) is 20.6. The topological polar surface area (TPSA) is 26.0 Å². The highest BCUT2D eigenvalue weighted by Gasteiger charge is 1.91. The molecule has 2 N–H and O–H groups in total. The molecule has 0 saturated carbocycles. The summed E-state index contributed by atoms with van der Waals surface area (Å²) in [5.74, 6) is 0. The molecule has 0 unspecified atom stereocenters. The number of hydrogen-bond acceptors (Lipinski definition) is 1. The van der Waals surface area contributed by atoms with Crippen LogP contribution < -0.4 is 5.73 Å². The van der Waals surface area contributed by atoms with Crippen molar-refractivity contribution in [3.05, 3.63) is 0 Å². The predicted octanol–water partition coefficient (Wildman–Crippen LogP) is 5.11. The smallest absolute Gasteiger partial charge is 0.0108 e. The highest BCUT2D eigenvalue weighted by Crippen LogP contribution is 2.10. The van der Waals surface area contributed by atoms with Crippen molar-refractivity contribution in [2.24, 2.45) is 5.73 Å². The normalized spacial score (nSPS) is 9.75. The number of nitrogens with two attached hydrogens (primary N) is 1. The average Bonchev–Trinajstić information content (AvgIpc) is 2.34. The van der Waals surface area contributed by atoms with Crippen LogP contribution in [0.15, 0.2) is 0 Å². The fraction of sp³-hybridized carbons (Fsp3) is 1.00. The van der Waals surface area contributed by atoms with E-state index in [2.05, 4.69) is 18.5 Å². The summed E-state index contributed by atoms with van der Waals surface area (Å²) in [7, 11) is 0. The minimum atomic E-state index is 0.872. The lowest BCUT2D eigenvalue weighted by Gasteiger charge is -2.01. The molecule has 0 atom stereocenters. The zero-order valence-corrected chi connectivity index (χ0v) is 12.2. The maximum atomic E-state index is 5.44. The van der Waals surface area contributed by atoms with E-state index in [1.807, 2.05) is 0 Å². The Hall–Kier alpha value is 0.250. The van der Waals surface area contributed by atoms with Gasteiger partial charge in [-0.05, 0) is 13.0 Å². The molecule has 0 aliphatic rings. The van der Waals surface area contributed by atoms with E-state index in [1.165, 1.54) is 77.0 Å². The standard InChI is InChI=1S/C13H29N.CH3Cl/c1-2-3-4-5-6-7-8-9-10-11-12-13-14;1-2/h2-14H2,1H3;1H3. The SMILES string of the molecule is CCCCCCCCCCCCCN.CCl. The van der Waals surface area contributed by atoms with Crippen LogP contribution in [0.5, 0.6) is 0 Å². The van der Waals surface area contributed by atoms with Gasteiger partial charge in [0.25, 0.3) is 0 Å². The molecule has 100 valence electrons. The molecule has 0 rings (SSSR count). The van der Waals surface area contributed by atoms with E-state index in [1.54, 1.807) is 0 Å². The summed E-state index contributed by atoms with van der Waals surface area (Å²) >= 11 is 4.64. The lowest BCUT2D eigenvalue weighted by atomic mass is 10.1. The zero-order valence-electron chi connectivity index (χ0n) is 11.4. The van der Waals surface area contributed by atoms with E-state index in [9.17, 15) is 0 Å². The van der Waals surface area contributed by atoms with Gasteiger partial charge in [-0.15, -0.1) is 11.6 Å². The van der Waals surface area contributed by atoms with E-state index >= 15 is 0 Å². The molecular weight excluding hydrogens is 218 g/mol. The van der Waals surface area contributed by atoms with Gasteiger partial charge in [0.1, 0.15) is 0 Å². The van der Waals surface area contributed by atoms with Crippen molar-refractivity contribution in [2.45, 2.75) is 77.6 Å². The zero-order chi connectivity index (χ0) is 12.5. The summed E-state index contributed by atoms with van der Waals surface area (Å²) in [6, 6.07) is 0. The molecule has 0 aliphatic carbocycles. The summed E-state index contributed by atoms with van der Waals surface area (Å²) in [6.45, 7) is 3.15. The van der Waals surface area contributed by atoms with Gasteiger partial charge >= 0.3 is 0 Å². The van der Waals surface area contributed by atoms with Crippen molar-refractivity contribution in [3.8, 4) is 0 Å². The van der Waals surface area contributed by atoms with Crippen molar-refractivity contribution in [1.82, 2.24) is 0 Å². The van der Waals surface area contributed by atoms with E-state index < -0.39 is 0 Å². The molecule has 0 aromatic heterocycles. The molecule has 0 bridgehead atoms. The first-order valence-electron chi connectivity index (χ1n) is 6.99. The Kier molecular flexibility index (Phi) is 24.0. The number of halogens is 1. The van der Waals surface area contributed by atoms with Crippen molar-refractivity contribution in [2.75, 3.05) is 12.9 Å². The van der Waals surface area contributed by atoms with Crippen molar-refractivity contribution >= 4 is 11.6 Å². The van der Waals surface area contributed by atoms with Gasteiger partial charge in [0.15, 0.2) is 0 Å². The Morgan fingerprint density at radius 1 is 0.625 bits per heavy atom. The fourth-order valence-electron chi connectivity index (χ4n) is 1.81. The number of hydrogen-bond donors (Lipinski definition) is 1. The van der Waals surface area contributed by atoms with Crippen LogP contribution >= 0.6 is 11.6 Å². The van der Waals surface area contributed by atoms with Gasteiger partial charge in [-0.25, -0.2) is 0 Å². The first kappa shape index (κ1) is 18.6. The molecule has 0 saturated heterocycles. The minimum absolute atomic E-state index is 0.872. The molecule has 0 amide bonds. The van der Waals surface area contributed by atoms with Gasteiger partial charge < -0.3 is 5.73 Å². The first-order chi connectivity index (χ1) is 7.91. The summed E-state index contributed by atoms with van der Waals surface area (Å²) < 4.78 is 0. The lowest BCUT2D eigenvalue weighted by molar-refractivity contribution is 0.551. The van der Waals surface area contributed by atoms with Crippen LogP contribution in [-0.4, -0.2) is 12.9 Å². The molecule has 0 heterocycles. The van der Waals surface area contributed by atoms with Crippen LogP contribution in [0.25, 0.3) is 0 Å². The minimum Gasteiger partial charge on any atom is -0.330 e. The Morgan fingerprint density at radius 2 is 0.938 bits per heavy atom. The van der Waals surface area contributed by atoms with E-state index in [-0.39, 0.29) is 0 Å². The molecule has 16 heavy (non-hydrogen) atoms. The molecule has 0 radical (unpaired) electrons. The molecule has 0 fully saturated rings. The highest BCUT2D eigenvalue weighted by molar-refractivity contribution is 6.15. The average molecular weight is 250 g/mol. The predicted molar refractivity (Wildman–Crippen MR) is 77.3 cm³/mol. The van der Waals surface area contributed by atoms with Crippen LogP contribution in [0.3, 0.4) is 0 Å². The quantitative estimate of drug-likeness (QED) is 0.400. The van der Waals surface area contributed by atoms with Gasteiger partial charge in [-0.3, -0.25) is 0 Å². The van der Waals surface area contributed by atoms with Gasteiger partial charge in [0.05, 0.1) is 0 Å². The summed E-state index contributed by atoms with van der Waals surface area (Å²) in [4.78, 5) is 0. The van der Waals surface area contributed by atoms with Crippen molar-refractivity contribution in [1.29, 1.82) is 0 Å². The lowest BCUT2D eigenvalue weighted by Crippen LogP contribution is -1.97.